The maximum absolute atomic E-state index is 12.4. The molecule has 0 bridgehead atoms. The molecule has 0 unspecified atom stereocenters. The third-order valence-electron chi connectivity index (χ3n) is 6.10. The number of nitrogens with one attached hydrogen (secondary N) is 1. The number of carbonyl (C=O) groups is 2. The second-order valence-corrected chi connectivity index (χ2v) is 8.12. The molecule has 164 valence electrons. The van der Waals surface area contributed by atoms with E-state index < -0.39 is 18.0 Å². The maximum atomic E-state index is 12.4. The highest BCUT2D eigenvalue weighted by molar-refractivity contribution is 5.79. The number of aryl methyl sites for hydroxylation is 1. The van der Waals surface area contributed by atoms with E-state index in [9.17, 15) is 14.7 Å². The Morgan fingerprint density at radius 1 is 0.906 bits per heavy atom. The Balaban J connectivity index is 1.35. The van der Waals surface area contributed by atoms with Crippen LogP contribution in [0.2, 0.25) is 0 Å². The number of alkyl carbamates (subject to hydrolysis) is 1. The molecule has 0 saturated heterocycles. The lowest BCUT2D eigenvalue weighted by molar-refractivity contribution is -0.141. The molecule has 5 nitrogen and oxygen atoms in total. The number of hydrogen-bond donors (Lipinski definition) is 2. The first-order chi connectivity index (χ1) is 15.6. The van der Waals surface area contributed by atoms with Crippen molar-refractivity contribution >= 4 is 12.1 Å². The molecule has 1 atom stereocenters. The molecule has 0 spiro atoms. The van der Waals surface area contributed by atoms with Crippen LogP contribution in [-0.4, -0.2) is 30.3 Å². The van der Waals surface area contributed by atoms with Crippen LogP contribution in [0.1, 0.15) is 35.1 Å². The van der Waals surface area contributed by atoms with Gasteiger partial charge in [0.15, 0.2) is 0 Å². The molecule has 1 aliphatic rings. The van der Waals surface area contributed by atoms with Gasteiger partial charge in [-0.1, -0.05) is 79.7 Å². The minimum absolute atomic E-state index is 0.0154. The minimum Gasteiger partial charge on any atom is -0.481 e. The first-order valence-corrected chi connectivity index (χ1v) is 11.0. The summed E-state index contributed by atoms with van der Waals surface area (Å²) in [7, 11) is 0. The standard InChI is InChI=1S/C27H27NO4/c1-2-18-11-13-19(14-12-18)15-20(26(29)30)16-28-27(31)32-17-25-23-9-5-3-7-21(23)22-8-4-6-10-24(22)25/h3-14,20,25H,2,15-17H2,1H3,(H,28,31)(H,29,30)/t20-/m1/s1. The van der Waals surface area contributed by atoms with Crippen molar-refractivity contribution in [2.75, 3.05) is 13.2 Å². The first-order valence-electron chi connectivity index (χ1n) is 11.0. The maximum Gasteiger partial charge on any atom is 0.407 e. The highest BCUT2D eigenvalue weighted by Crippen LogP contribution is 2.44. The van der Waals surface area contributed by atoms with Gasteiger partial charge >= 0.3 is 12.1 Å². The van der Waals surface area contributed by atoms with Crippen molar-refractivity contribution in [3.05, 3.63) is 95.1 Å². The van der Waals surface area contributed by atoms with E-state index in [0.717, 1.165) is 34.2 Å². The third-order valence-corrected chi connectivity index (χ3v) is 6.10. The average Bonchev–Trinajstić information content (AvgIpc) is 3.14. The zero-order valence-electron chi connectivity index (χ0n) is 18.1. The van der Waals surface area contributed by atoms with Crippen LogP contribution in [0.15, 0.2) is 72.8 Å². The number of carbonyl (C=O) groups excluding carboxylic acids is 1. The van der Waals surface area contributed by atoms with Crippen LogP contribution < -0.4 is 5.32 Å². The third kappa shape index (κ3) is 4.67. The van der Waals surface area contributed by atoms with Gasteiger partial charge in [0.25, 0.3) is 0 Å². The zero-order valence-corrected chi connectivity index (χ0v) is 18.1. The Kier molecular flexibility index (Phi) is 6.55. The fraction of sp³-hybridized carbons (Fsp3) is 0.259. The largest absolute Gasteiger partial charge is 0.481 e. The van der Waals surface area contributed by atoms with Crippen molar-refractivity contribution in [2.45, 2.75) is 25.7 Å². The number of benzene rings is 3. The van der Waals surface area contributed by atoms with E-state index in [-0.39, 0.29) is 19.1 Å². The lowest BCUT2D eigenvalue weighted by atomic mass is 9.98. The number of carboxylic acid groups (broad SMARTS) is 1. The summed E-state index contributed by atoms with van der Waals surface area (Å²) in [4.78, 5) is 24.0. The van der Waals surface area contributed by atoms with Gasteiger partial charge < -0.3 is 15.2 Å². The van der Waals surface area contributed by atoms with Crippen LogP contribution in [-0.2, 0) is 22.4 Å². The molecule has 0 fully saturated rings. The summed E-state index contributed by atoms with van der Waals surface area (Å²) < 4.78 is 5.51. The number of rotatable bonds is 8. The predicted molar refractivity (Wildman–Crippen MR) is 124 cm³/mol. The van der Waals surface area contributed by atoms with Gasteiger partial charge in [-0.2, -0.15) is 0 Å². The predicted octanol–water partition coefficient (Wildman–Crippen LogP) is 5.03. The Labute approximate surface area is 188 Å². The van der Waals surface area contributed by atoms with Gasteiger partial charge in [-0.15, -0.1) is 0 Å². The van der Waals surface area contributed by atoms with Crippen molar-refractivity contribution in [1.29, 1.82) is 0 Å². The summed E-state index contributed by atoms with van der Waals surface area (Å²) in [6.07, 6.45) is 0.689. The fourth-order valence-corrected chi connectivity index (χ4v) is 4.30. The van der Waals surface area contributed by atoms with Gasteiger partial charge in [0.2, 0.25) is 0 Å². The second-order valence-electron chi connectivity index (χ2n) is 8.12. The van der Waals surface area contributed by atoms with Gasteiger partial charge in [0.05, 0.1) is 5.92 Å². The highest BCUT2D eigenvalue weighted by atomic mass is 16.5. The number of amides is 1. The monoisotopic (exact) mass is 429 g/mol. The Morgan fingerprint density at radius 3 is 2.03 bits per heavy atom. The minimum atomic E-state index is -0.941. The normalized spacial score (nSPS) is 13.2. The summed E-state index contributed by atoms with van der Waals surface area (Å²) in [6, 6.07) is 24.2. The molecule has 5 heteroatoms. The molecule has 0 radical (unpaired) electrons. The Morgan fingerprint density at radius 2 is 1.47 bits per heavy atom. The van der Waals surface area contributed by atoms with Crippen LogP contribution in [0, 0.1) is 5.92 Å². The van der Waals surface area contributed by atoms with Crippen LogP contribution >= 0.6 is 0 Å². The Hall–Kier alpha value is -3.60. The summed E-state index contributed by atoms with van der Waals surface area (Å²) >= 11 is 0. The molecule has 0 aliphatic heterocycles. The molecule has 3 aromatic carbocycles. The van der Waals surface area contributed by atoms with Gasteiger partial charge in [-0.3, -0.25) is 4.79 Å². The molecular weight excluding hydrogens is 402 g/mol. The van der Waals surface area contributed by atoms with Gasteiger partial charge in [0.1, 0.15) is 6.61 Å². The molecule has 0 heterocycles. The molecule has 0 saturated carbocycles. The zero-order chi connectivity index (χ0) is 22.5. The van der Waals surface area contributed by atoms with Crippen LogP contribution in [0.25, 0.3) is 11.1 Å². The highest BCUT2D eigenvalue weighted by Gasteiger charge is 2.29. The lowest BCUT2D eigenvalue weighted by Gasteiger charge is -2.16. The van der Waals surface area contributed by atoms with Crippen molar-refractivity contribution in [2.24, 2.45) is 5.92 Å². The van der Waals surface area contributed by atoms with E-state index >= 15 is 0 Å². The van der Waals surface area contributed by atoms with E-state index in [2.05, 4.69) is 36.5 Å². The van der Waals surface area contributed by atoms with E-state index in [1.54, 1.807) is 0 Å². The van der Waals surface area contributed by atoms with E-state index in [0.29, 0.717) is 6.42 Å². The first kappa shape index (κ1) is 21.6. The van der Waals surface area contributed by atoms with Crippen LogP contribution in [0.4, 0.5) is 4.79 Å². The number of hydrogen-bond acceptors (Lipinski definition) is 3. The van der Waals surface area contributed by atoms with Crippen molar-refractivity contribution in [3.63, 3.8) is 0 Å². The molecule has 4 rings (SSSR count). The molecular formula is C27H27NO4. The smallest absolute Gasteiger partial charge is 0.407 e. The quantitative estimate of drug-likeness (QED) is 0.527. The Bertz CT molecular complexity index is 1060. The van der Waals surface area contributed by atoms with Gasteiger partial charge in [-0.05, 0) is 46.2 Å². The SMILES string of the molecule is CCc1ccc(C[C@H](CNC(=O)OCC2c3ccccc3-c3ccccc32)C(=O)O)cc1. The topological polar surface area (TPSA) is 75.6 Å². The molecule has 1 aliphatic carbocycles. The summed E-state index contributed by atoms with van der Waals surface area (Å²) in [5, 5.41) is 12.2. The van der Waals surface area contributed by atoms with Crippen molar-refractivity contribution in [3.8, 4) is 11.1 Å². The molecule has 32 heavy (non-hydrogen) atoms. The second kappa shape index (κ2) is 9.69. The molecule has 1 amide bonds. The molecule has 3 aromatic rings. The summed E-state index contributed by atoms with van der Waals surface area (Å²) in [5.74, 6) is -1.69. The summed E-state index contributed by atoms with van der Waals surface area (Å²) in [5.41, 5.74) is 6.75. The molecule has 0 aromatic heterocycles. The van der Waals surface area contributed by atoms with Crippen molar-refractivity contribution in [1.82, 2.24) is 5.32 Å². The average molecular weight is 430 g/mol. The number of carboxylic acids is 1. The van der Waals surface area contributed by atoms with Gasteiger partial charge in [0, 0.05) is 12.5 Å². The van der Waals surface area contributed by atoms with E-state index in [1.807, 2.05) is 48.5 Å². The molecule has 2 N–H and O–H groups in total. The van der Waals surface area contributed by atoms with E-state index in [4.69, 9.17) is 4.74 Å². The number of ether oxygens (including phenoxy) is 1. The summed E-state index contributed by atoms with van der Waals surface area (Å²) in [6.45, 7) is 2.30. The van der Waals surface area contributed by atoms with Crippen molar-refractivity contribution < 1.29 is 19.4 Å². The number of fused-ring (bicyclic) bond motifs is 3. The van der Waals surface area contributed by atoms with Crippen LogP contribution in [0.5, 0.6) is 0 Å². The fourth-order valence-electron chi connectivity index (χ4n) is 4.30. The number of aliphatic carboxylic acids is 1. The van der Waals surface area contributed by atoms with E-state index in [1.165, 1.54) is 5.56 Å². The lowest BCUT2D eigenvalue weighted by Crippen LogP contribution is -2.35. The van der Waals surface area contributed by atoms with Gasteiger partial charge in [-0.25, -0.2) is 4.79 Å². The van der Waals surface area contributed by atoms with Crippen LogP contribution in [0.3, 0.4) is 0 Å².